The van der Waals surface area contributed by atoms with Gasteiger partial charge in [0.15, 0.2) is 15.6 Å². The SMILES string of the molecule is COc1ccc(O)c(C2C3=CCC4C(=O)N(N(C)c5nc(C(F)(F)F)ccc5Cl)C(=O)C4C3CC3(Cl)C(=O)N(c4ccc(F)cc4)C(=O)C23Cl)c1. The fraction of sp³-hybridized carbons (Fsp3) is 0.324. The second-order valence-electron chi connectivity index (χ2n) is 12.7. The van der Waals surface area contributed by atoms with E-state index in [2.05, 4.69) is 4.98 Å². The molecule has 3 aromatic rings. The number of imide groups is 2. The number of allylic oxidation sites excluding steroid dienone is 2. The Labute approximate surface area is 302 Å². The number of aromatic nitrogens is 1. The summed E-state index contributed by atoms with van der Waals surface area (Å²) in [4.78, 5) is 56.9. The Balaban J connectivity index is 1.37. The third-order valence-corrected chi connectivity index (χ3v) is 11.9. The maximum atomic E-state index is 14.5. The summed E-state index contributed by atoms with van der Waals surface area (Å²) < 4.78 is 59.9. The number of anilines is 2. The molecule has 7 rings (SSSR count). The van der Waals surface area contributed by atoms with Crippen LogP contribution in [-0.2, 0) is 25.4 Å². The highest BCUT2D eigenvalue weighted by molar-refractivity contribution is 6.58. The third-order valence-electron chi connectivity index (χ3n) is 10.1. The van der Waals surface area contributed by atoms with Crippen LogP contribution in [0.5, 0.6) is 11.5 Å². The van der Waals surface area contributed by atoms with Crippen LogP contribution in [0, 0.1) is 23.6 Å². The van der Waals surface area contributed by atoms with Gasteiger partial charge in [-0.3, -0.25) is 24.2 Å². The maximum absolute atomic E-state index is 14.5. The van der Waals surface area contributed by atoms with Gasteiger partial charge in [0.1, 0.15) is 23.0 Å². The molecule has 0 bridgehead atoms. The number of hydrogen-bond acceptors (Lipinski definition) is 8. The first kappa shape index (κ1) is 35.0. The van der Waals surface area contributed by atoms with Crippen LogP contribution < -0.4 is 14.6 Å². The number of aromatic hydroxyl groups is 1. The van der Waals surface area contributed by atoms with Crippen LogP contribution in [0.4, 0.5) is 29.1 Å². The van der Waals surface area contributed by atoms with Crippen LogP contribution in [0.1, 0.15) is 30.0 Å². The monoisotopic (exact) mass is 766 g/mol. The fourth-order valence-corrected chi connectivity index (χ4v) is 8.98. The van der Waals surface area contributed by atoms with E-state index in [1.165, 1.54) is 44.5 Å². The lowest BCUT2D eigenvalue weighted by Gasteiger charge is -2.50. The molecule has 6 unspecified atom stereocenters. The highest BCUT2D eigenvalue weighted by atomic mass is 35.5. The third kappa shape index (κ3) is 4.93. The molecule has 1 aromatic heterocycles. The Kier molecular flexibility index (Phi) is 8.12. The first-order chi connectivity index (χ1) is 23.9. The van der Waals surface area contributed by atoms with Crippen molar-refractivity contribution in [2.75, 3.05) is 24.1 Å². The van der Waals surface area contributed by atoms with E-state index in [1.54, 1.807) is 6.08 Å². The summed E-state index contributed by atoms with van der Waals surface area (Å²) >= 11 is 20.8. The van der Waals surface area contributed by atoms with Crippen LogP contribution >= 0.6 is 34.8 Å². The number of ether oxygens (including phenoxy) is 1. The summed E-state index contributed by atoms with van der Waals surface area (Å²) in [5.74, 6) is -9.53. The summed E-state index contributed by atoms with van der Waals surface area (Å²) in [5, 5.41) is 12.4. The molecule has 2 saturated heterocycles. The Morgan fingerprint density at radius 3 is 2.31 bits per heavy atom. The Morgan fingerprint density at radius 1 is 0.980 bits per heavy atom. The van der Waals surface area contributed by atoms with Crippen LogP contribution in [-0.4, -0.2) is 62.6 Å². The Hall–Kier alpha value is -4.40. The van der Waals surface area contributed by atoms with Gasteiger partial charge in [-0.1, -0.05) is 23.3 Å². The Bertz CT molecular complexity index is 2070. The molecular formula is C34H25Cl3F4N4O6. The molecule has 1 N–H and O–H groups in total. The number of hydrazine groups is 1. The van der Waals surface area contributed by atoms with Crippen LogP contribution in [0.15, 0.2) is 66.2 Å². The number of carbonyl (C=O) groups is 4. The van der Waals surface area contributed by atoms with Gasteiger partial charge in [0.25, 0.3) is 23.6 Å². The van der Waals surface area contributed by atoms with Gasteiger partial charge < -0.3 is 9.84 Å². The van der Waals surface area contributed by atoms with Gasteiger partial charge in [0.2, 0.25) is 0 Å². The van der Waals surface area contributed by atoms with Crippen molar-refractivity contribution in [2.45, 2.75) is 34.7 Å². The number of carbonyl (C=O) groups excluding carboxylic acids is 4. The number of alkyl halides is 5. The van der Waals surface area contributed by atoms with Crippen molar-refractivity contribution in [3.63, 3.8) is 0 Å². The molecular weight excluding hydrogens is 743 g/mol. The van der Waals surface area contributed by atoms with E-state index in [9.17, 15) is 41.8 Å². The maximum Gasteiger partial charge on any atom is 0.433 e. The van der Waals surface area contributed by atoms with Crippen molar-refractivity contribution < 1.29 is 46.6 Å². The molecule has 0 radical (unpaired) electrons. The zero-order chi connectivity index (χ0) is 36.9. The van der Waals surface area contributed by atoms with Crippen molar-refractivity contribution in [3.8, 4) is 11.5 Å². The van der Waals surface area contributed by atoms with E-state index in [1.807, 2.05) is 0 Å². The normalized spacial score (nSPS) is 28.8. The lowest BCUT2D eigenvalue weighted by Crippen LogP contribution is -2.60. The predicted octanol–water partition coefficient (Wildman–Crippen LogP) is 6.22. The van der Waals surface area contributed by atoms with E-state index < -0.39 is 87.0 Å². The standard InChI is InChI=1S/C34H25Cl3F4N4O6/c1-43(27-22(35)10-12-24(42-27)34(39,40)41)45-28(47)19-9-8-18-21(25(19)29(45)48)14-32(36)30(49)44(16-5-3-15(38)4-6-16)31(50)33(32,37)26(18)20-13-17(51-2)7-11-23(20)46/h3-8,10-13,19,21,25-26,46H,9,14H2,1-2H3. The van der Waals surface area contributed by atoms with Crippen LogP contribution in [0.3, 0.4) is 0 Å². The largest absolute Gasteiger partial charge is 0.508 e. The average Bonchev–Trinajstić information content (AvgIpc) is 3.42. The van der Waals surface area contributed by atoms with Gasteiger partial charge in [0.05, 0.1) is 29.7 Å². The number of phenols is 1. The molecule has 3 heterocycles. The minimum absolute atomic E-state index is 0.0327. The van der Waals surface area contributed by atoms with Gasteiger partial charge in [0, 0.05) is 18.5 Å². The summed E-state index contributed by atoms with van der Waals surface area (Å²) in [6, 6.07) is 10.2. The molecule has 2 aromatic carbocycles. The minimum Gasteiger partial charge on any atom is -0.508 e. The van der Waals surface area contributed by atoms with Crippen molar-refractivity contribution in [2.24, 2.45) is 17.8 Å². The summed E-state index contributed by atoms with van der Waals surface area (Å²) in [7, 11) is 2.53. The number of benzene rings is 2. The number of methoxy groups -OCH3 is 1. The highest BCUT2D eigenvalue weighted by Gasteiger charge is 2.77. The molecule has 10 nitrogen and oxygen atoms in total. The van der Waals surface area contributed by atoms with E-state index in [0.717, 1.165) is 28.1 Å². The highest BCUT2D eigenvalue weighted by Crippen LogP contribution is 2.66. The minimum atomic E-state index is -4.86. The molecule has 17 heteroatoms. The number of halogens is 7. The molecule has 3 fully saturated rings. The van der Waals surface area contributed by atoms with Gasteiger partial charge in [-0.15, -0.1) is 23.2 Å². The molecule has 6 atom stereocenters. The topological polar surface area (TPSA) is 120 Å². The molecule has 4 aliphatic rings. The van der Waals surface area contributed by atoms with Crippen molar-refractivity contribution in [1.29, 1.82) is 0 Å². The van der Waals surface area contributed by atoms with E-state index in [0.29, 0.717) is 16.6 Å². The van der Waals surface area contributed by atoms with Crippen LogP contribution in [0.2, 0.25) is 5.02 Å². The van der Waals surface area contributed by atoms with Crippen LogP contribution in [0.25, 0.3) is 0 Å². The quantitative estimate of drug-likeness (QED) is 0.141. The summed E-state index contributed by atoms with van der Waals surface area (Å²) in [6.45, 7) is 0. The van der Waals surface area contributed by atoms with E-state index in [-0.39, 0.29) is 34.2 Å². The van der Waals surface area contributed by atoms with Crippen molar-refractivity contribution >= 4 is 69.9 Å². The molecule has 4 amide bonds. The van der Waals surface area contributed by atoms with Gasteiger partial charge in [-0.25, -0.2) is 14.3 Å². The lowest BCUT2D eigenvalue weighted by atomic mass is 9.56. The lowest BCUT2D eigenvalue weighted by molar-refractivity contribution is -0.141. The predicted molar refractivity (Wildman–Crippen MR) is 176 cm³/mol. The number of pyridine rings is 1. The first-order valence-corrected chi connectivity index (χ1v) is 16.5. The molecule has 2 aliphatic heterocycles. The van der Waals surface area contributed by atoms with E-state index >= 15 is 0 Å². The van der Waals surface area contributed by atoms with Gasteiger partial charge >= 0.3 is 6.18 Å². The summed E-state index contributed by atoms with van der Waals surface area (Å²) in [5.41, 5.74) is -0.972. The number of phenolic OH excluding ortho intramolecular Hbond substituents is 1. The Morgan fingerprint density at radius 2 is 1.67 bits per heavy atom. The second-order valence-corrected chi connectivity index (χ2v) is 14.3. The zero-order valence-electron chi connectivity index (χ0n) is 26.4. The smallest absolute Gasteiger partial charge is 0.433 e. The fourth-order valence-electron chi connectivity index (χ4n) is 7.83. The molecule has 266 valence electrons. The van der Waals surface area contributed by atoms with Crippen molar-refractivity contribution in [1.82, 2.24) is 9.99 Å². The molecule has 2 aliphatic carbocycles. The number of rotatable bonds is 5. The first-order valence-electron chi connectivity index (χ1n) is 15.4. The number of fused-ring (bicyclic) bond motifs is 4. The number of amides is 4. The van der Waals surface area contributed by atoms with E-state index in [4.69, 9.17) is 39.5 Å². The second kappa shape index (κ2) is 11.8. The zero-order valence-corrected chi connectivity index (χ0v) is 28.7. The average molecular weight is 768 g/mol. The molecule has 1 saturated carbocycles. The summed E-state index contributed by atoms with van der Waals surface area (Å²) in [6.07, 6.45) is -3.76. The van der Waals surface area contributed by atoms with Crippen molar-refractivity contribution in [3.05, 3.63) is 88.3 Å². The number of hydrogen-bond donors (Lipinski definition) is 1. The van der Waals surface area contributed by atoms with Gasteiger partial charge in [-0.05, 0) is 73.4 Å². The number of nitrogens with zero attached hydrogens (tertiary/aromatic N) is 4. The van der Waals surface area contributed by atoms with Gasteiger partial charge in [-0.2, -0.15) is 18.2 Å². The molecule has 51 heavy (non-hydrogen) atoms. The molecule has 0 spiro atoms.